The smallest absolute Gasteiger partial charge is 0.119 e. The van der Waals surface area contributed by atoms with Gasteiger partial charge >= 0.3 is 0 Å². The Hall–Kier alpha value is -1.32. The number of benzene rings is 2. The standard InChI is InChI=1S/C16H17BrO2/c1-10-4-6-14(15(17)8-10)16(18)13-7-5-12(19-3)9-11(13)2/h4-9,16,18H,1-3H3. The molecule has 0 bridgehead atoms. The van der Waals surface area contributed by atoms with Crippen molar-refractivity contribution < 1.29 is 9.84 Å². The molecule has 1 unspecified atom stereocenters. The van der Waals surface area contributed by atoms with Crippen LogP contribution < -0.4 is 4.74 Å². The summed E-state index contributed by atoms with van der Waals surface area (Å²) in [5, 5.41) is 10.5. The molecule has 2 rings (SSSR count). The molecule has 2 aromatic rings. The first kappa shape index (κ1) is 14.1. The normalized spacial score (nSPS) is 12.3. The Bertz CT molecular complexity index is 593. The lowest BCUT2D eigenvalue weighted by atomic mass is 9.97. The SMILES string of the molecule is COc1ccc(C(O)c2ccc(C)cc2Br)c(C)c1. The predicted molar refractivity (Wildman–Crippen MR) is 80.7 cm³/mol. The van der Waals surface area contributed by atoms with Crippen molar-refractivity contribution in [1.29, 1.82) is 0 Å². The minimum Gasteiger partial charge on any atom is -0.497 e. The Morgan fingerprint density at radius 2 is 1.74 bits per heavy atom. The summed E-state index contributed by atoms with van der Waals surface area (Å²) in [6, 6.07) is 11.7. The molecule has 0 spiro atoms. The third kappa shape index (κ3) is 2.99. The number of aliphatic hydroxyl groups is 1. The van der Waals surface area contributed by atoms with Gasteiger partial charge in [0.05, 0.1) is 7.11 Å². The second-order valence-electron chi connectivity index (χ2n) is 4.65. The minimum atomic E-state index is -0.638. The van der Waals surface area contributed by atoms with Gasteiger partial charge in [0.15, 0.2) is 0 Å². The molecule has 1 N–H and O–H groups in total. The lowest BCUT2D eigenvalue weighted by Gasteiger charge is -2.17. The van der Waals surface area contributed by atoms with Crippen LogP contribution >= 0.6 is 15.9 Å². The van der Waals surface area contributed by atoms with Crippen LogP contribution in [0.5, 0.6) is 5.75 Å². The lowest BCUT2D eigenvalue weighted by Crippen LogP contribution is -2.03. The zero-order chi connectivity index (χ0) is 14.0. The van der Waals surface area contributed by atoms with Crippen LogP contribution in [0.3, 0.4) is 0 Å². The van der Waals surface area contributed by atoms with Crippen molar-refractivity contribution in [2.75, 3.05) is 7.11 Å². The first-order valence-corrected chi connectivity index (χ1v) is 6.91. The monoisotopic (exact) mass is 320 g/mol. The second-order valence-corrected chi connectivity index (χ2v) is 5.50. The Kier molecular flexibility index (Phi) is 4.27. The van der Waals surface area contributed by atoms with E-state index in [9.17, 15) is 5.11 Å². The number of methoxy groups -OCH3 is 1. The quantitative estimate of drug-likeness (QED) is 0.920. The highest BCUT2D eigenvalue weighted by Gasteiger charge is 2.16. The number of aliphatic hydroxyl groups excluding tert-OH is 1. The van der Waals surface area contributed by atoms with Crippen LogP contribution in [0.25, 0.3) is 0 Å². The Balaban J connectivity index is 2.41. The fourth-order valence-corrected chi connectivity index (χ4v) is 2.81. The fourth-order valence-electron chi connectivity index (χ4n) is 2.10. The number of ether oxygens (including phenoxy) is 1. The number of aryl methyl sites for hydroxylation is 2. The number of hydrogen-bond acceptors (Lipinski definition) is 2. The van der Waals surface area contributed by atoms with E-state index in [1.54, 1.807) is 7.11 Å². The average molecular weight is 321 g/mol. The van der Waals surface area contributed by atoms with Gasteiger partial charge in [0.25, 0.3) is 0 Å². The summed E-state index contributed by atoms with van der Waals surface area (Å²) in [4.78, 5) is 0. The maximum absolute atomic E-state index is 10.5. The summed E-state index contributed by atoms with van der Waals surface area (Å²) < 4.78 is 6.11. The van der Waals surface area contributed by atoms with Gasteiger partial charge in [-0.05, 0) is 54.3 Å². The van der Waals surface area contributed by atoms with Crippen LogP contribution in [0.4, 0.5) is 0 Å². The molecule has 0 heterocycles. The molecule has 0 saturated heterocycles. The van der Waals surface area contributed by atoms with E-state index in [-0.39, 0.29) is 0 Å². The molecule has 0 radical (unpaired) electrons. The van der Waals surface area contributed by atoms with Crippen LogP contribution in [-0.4, -0.2) is 12.2 Å². The molecule has 3 heteroatoms. The summed E-state index contributed by atoms with van der Waals surface area (Å²) in [6.07, 6.45) is -0.638. The maximum Gasteiger partial charge on any atom is 0.119 e. The van der Waals surface area contributed by atoms with E-state index in [1.807, 2.05) is 50.2 Å². The van der Waals surface area contributed by atoms with Gasteiger partial charge < -0.3 is 9.84 Å². The lowest BCUT2D eigenvalue weighted by molar-refractivity contribution is 0.218. The molecule has 19 heavy (non-hydrogen) atoms. The fraction of sp³-hybridized carbons (Fsp3) is 0.250. The van der Waals surface area contributed by atoms with E-state index in [1.165, 1.54) is 0 Å². The van der Waals surface area contributed by atoms with Crippen LogP contribution in [0.1, 0.15) is 28.4 Å². The Labute approximate surface area is 122 Å². The van der Waals surface area contributed by atoms with Crippen molar-refractivity contribution in [3.05, 3.63) is 63.1 Å². The molecule has 2 nitrogen and oxygen atoms in total. The molecule has 0 aliphatic heterocycles. The molecule has 0 aliphatic rings. The van der Waals surface area contributed by atoms with Gasteiger partial charge in [-0.1, -0.05) is 34.1 Å². The van der Waals surface area contributed by atoms with E-state index >= 15 is 0 Å². The predicted octanol–water partition coefficient (Wildman–Crippen LogP) is 4.16. The van der Waals surface area contributed by atoms with Gasteiger partial charge in [-0.25, -0.2) is 0 Å². The zero-order valence-electron chi connectivity index (χ0n) is 11.3. The number of halogens is 1. The summed E-state index contributed by atoms with van der Waals surface area (Å²) in [6.45, 7) is 4.00. The molecule has 0 aliphatic carbocycles. The van der Waals surface area contributed by atoms with Gasteiger partial charge in [-0.3, -0.25) is 0 Å². The average Bonchev–Trinajstić information content (AvgIpc) is 2.37. The summed E-state index contributed by atoms with van der Waals surface area (Å²) in [7, 11) is 1.64. The molecule has 2 aromatic carbocycles. The van der Waals surface area contributed by atoms with Gasteiger partial charge in [0.2, 0.25) is 0 Å². The van der Waals surface area contributed by atoms with Crippen molar-refractivity contribution in [3.63, 3.8) is 0 Å². The van der Waals surface area contributed by atoms with E-state index in [4.69, 9.17) is 4.74 Å². The number of rotatable bonds is 3. The topological polar surface area (TPSA) is 29.5 Å². The van der Waals surface area contributed by atoms with Gasteiger partial charge in [-0.15, -0.1) is 0 Å². The molecule has 1 atom stereocenters. The summed E-state index contributed by atoms with van der Waals surface area (Å²) in [5.41, 5.74) is 3.94. The maximum atomic E-state index is 10.5. The van der Waals surface area contributed by atoms with Gasteiger partial charge in [0.1, 0.15) is 11.9 Å². The van der Waals surface area contributed by atoms with Crippen molar-refractivity contribution in [2.45, 2.75) is 20.0 Å². The summed E-state index contributed by atoms with van der Waals surface area (Å²) in [5.74, 6) is 0.802. The molecule has 0 aromatic heterocycles. The van der Waals surface area contributed by atoms with E-state index in [0.717, 1.165) is 32.5 Å². The molecule has 0 fully saturated rings. The Morgan fingerprint density at radius 1 is 1.05 bits per heavy atom. The second kappa shape index (κ2) is 5.76. The van der Waals surface area contributed by atoms with Gasteiger partial charge in [-0.2, -0.15) is 0 Å². The number of hydrogen-bond donors (Lipinski definition) is 1. The molecular weight excluding hydrogens is 304 g/mol. The van der Waals surface area contributed by atoms with Crippen LogP contribution in [0.15, 0.2) is 40.9 Å². The highest BCUT2D eigenvalue weighted by atomic mass is 79.9. The van der Waals surface area contributed by atoms with Crippen molar-refractivity contribution in [2.24, 2.45) is 0 Å². The first-order valence-electron chi connectivity index (χ1n) is 6.11. The van der Waals surface area contributed by atoms with Crippen molar-refractivity contribution in [3.8, 4) is 5.75 Å². The van der Waals surface area contributed by atoms with Crippen LogP contribution in [0.2, 0.25) is 0 Å². The highest BCUT2D eigenvalue weighted by Crippen LogP contribution is 2.32. The zero-order valence-corrected chi connectivity index (χ0v) is 12.9. The molecule has 100 valence electrons. The van der Waals surface area contributed by atoms with E-state index < -0.39 is 6.10 Å². The van der Waals surface area contributed by atoms with Crippen LogP contribution in [-0.2, 0) is 0 Å². The third-order valence-electron chi connectivity index (χ3n) is 3.22. The molecule has 0 saturated carbocycles. The molecular formula is C16H17BrO2. The third-order valence-corrected chi connectivity index (χ3v) is 3.91. The van der Waals surface area contributed by atoms with Crippen molar-refractivity contribution >= 4 is 15.9 Å². The largest absolute Gasteiger partial charge is 0.497 e. The van der Waals surface area contributed by atoms with Gasteiger partial charge in [0, 0.05) is 4.47 Å². The molecule has 0 amide bonds. The van der Waals surface area contributed by atoms with E-state index in [2.05, 4.69) is 15.9 Å². The van der Waals surface area contributed by atoms with Crippen LogP contribution in [0, 0.1) is 13.8 Å². The van der Waals surface area contributed by atoms with Crippen molar-refractivity contribution in [1.82, 2.24) is 0 Å². The summed E-state index contributed by atoms with van der Waals surface area (Å²) >= 11 is 3.51. The van der Waals surface area contributed by atoms with E-state index in [0.29, 0.717) is 0 Å². The first-order chi connectivity index (χ1) is 9.02. The minimum absolute atomic E-state index is 0.638. The Morgan fingerprint density at radius 3 is 2.32 bits per heavy atom. The highest BCUT2D eigenvalue weighted by molar-refractivity contribution is 9.10.